The molecule has 0 radical (unpaired) electrons. The van der Waals surface area contributed by atoms with E-state index in [1.807, 2.05) is 0 Å². The Bertz CT molecular complexity index is 357. The van der Waals surface area contributed by atoms with E-state index in [2.05, 4.69) is 58.4 Å². The van der Waals surface area contributed by atoms with Gasteiger partial charge in [0.2, 0.25) is 0 Å². The van der Waals surface area contributed by atoms with E-state index in [1.165, 1.54) is 96.6 Å². The summed E-state index contributed by atoms with van der Waals surface area (Å²) < 4.78 is 0. The Labute approximate surface area is 172 Å². The molecule has 0 aliphatic carbocycles. The second-order valence-electron chi connectivity index (χ2n) is 10.5. The average Bonchev–Trinajstić information content (AvgIpc) is 2.58. The molecule has 0 aromatic carbocycles. The molecule has 0 spiro atoms. The van der Waals surface area contributed by atoms with Gasteiger partial charge < -0.3 is 4.90 Å². The molecule has 0 atom stereocenters. The van der Waals surface area contributed by atoms with E-state index in [4.69, 9.17) is 0 Å². The lowest BCUT2D eigenvalue weighted by atomic mass is 9.76. The summed E-state index contributed by atoms with van der Waals surface area (Å²) >= 11 is 0. The molecule has 2 heteroatoms. The molecule has 0 bridgehead atoms. The fraction of sp³-hybridized carbons (Fsp3) is 1.00. The Hall–Kier alpha value is -0.0800. The molecule has 0 unspecified atom stereocenters. The summed E-state index contributed by atoms with van der Waals surface area (Å²) in [6, 6.07) is 0.738. The molecule has 1 saturated heterocycles. The van der Waals surface area contributed by atoms with E-state index in [-0.39, 0.29) is 0 Å². The Morgan fingerprint density at radius 2 is 1.15 bits per heavy atom. The monoisotopic (exact) mass is 380 g/mol. The first kappa shape index (κ1) is 25.0. The summed E-state index contributed by atoms with van der Waals surface area (Å²) in [7, 11) is 2.38. The van der Waals surface area contributed by atoms with Gasteiger partial charge >= 0.3 is 0 Å². The van der Waals surface area contributed by atoms with Crippen molar-refractivity contribution in [2.45, 2.75) is 142 Å². The molecule has 27 heavy (non-hydrogen) atoms. The van der Waals surface area contributed by atoms with Crippen LogP contribution in [0.4, 0.5) is 0 Å². The van der Waals surface area contributed by atoms with Gasteiger partial charge in [0.1, 0.15) is 0 Å². The van der Waals surface area contributed by atoms with Crippen molar-refractivity contribution in [1.29, 1.82) is 0 Å². The second-order valence-corrected chi connectivity index (χ2v) is 10.5. The highest BCUT2D eigenvalue weighted by Gasteiger charge is 2.45. The van der Waals surface area contributed by atoms with Crippen LogP contribution in [0, 0.1) is 0 Å². The lowest BCUT2D eigenvalue weighted by Crippen LogP contribution is -2.64. The highest BCUT2D eigenvalue weighted by molar-refractivity contribution is 5.02. The van der Waals surface area contributed by atoms with Crippen molar-refractivity contribution in [3.05, 3.63) is 0 Å². The number of hydrogen-bond donors (Lipinski definition) is 0. The summed E-state index contributed by atoms with van der Waals surface area (Å²) in [6.45, 7) is 17.1. The fourth-order valence-electron chi connectivity index (χ4n) is 5.38. The number of nitrogens with zero attached hydrogens (tertiary/aromatic N) is 2. The maximum absolute atomic E-state index is 2.84. The molecule has 0 aromatic rings. The maximum atomic E-state index is 2.84. The van der Waals surface area contributed by atoms with Gasteiger partial charge in [0, 0.05) is 17.1 Å². The van der Waals surface area contributed by atoms with Crippen molar-refractivity contribution in [2.75, 3.05) is 20.1 Å². The molecular formula is C25H52N2. The first-order valence-corrected chi connectivity index (χ1v) is 12.2. The minimum absolute atomic E-state index is 0.312. The molecule has 0 saturated carbocycles. The lowest BCUT2D eigenvalue weighted by Gasteiger charge is -2.57. The number of piperidine rings is 1. The largest absolute Gasteiger partial charge is 0.303 e. The van der Waals surface area contributed by atoms with Gasteiger partial charge in [-0.05, 0) is 73.5 Å². The van der Waals surface area contributed by atoms with Crippen molar-refractivity contribution in [3.8, 4) is 0 Å². The van der Waals surface area contributed by atoms with Crippen molar-refractivity contribution in [1.82, 2.24) is 9.80 Å². The smallest absolute Gasteiger partial charge is 0.0173 e. The van der Waals surface area contributed by atoms with Crippen molar-refractivity contribution in [3.63, 3.8) is 0 Å². The topological polar surface area (TPSA) is 6.48 Å². The van der Waals surface area contributed by atoms with Crippen molar-refractivity contribution >= 4 is 0 Å². The molecule has 2 nitrogen and oxygen atoms in total. The van der Waals surface area contributed by atoms with Gasteiger partial charge in [0.15, 0.2) is 0 Å². The molecule has 1 heterocycles. The van der Waals surface area contributed by atoms with Gasteiger partial charge in [-0.25, -0.2) is 0 Å². The SMILES string of the molecule is CCCCCCCCN1C(C)(C)CC(N(C)CCCCCCC)CC1(C)C. The Balaban J connectivity index is 2.47. The minimum Gasteiger partial charge on any atom is -0.303 e. The van der Waals surface area contributed by atoms with Crippen LogP contribution in [0.2, 0.25) is 0 Å². The van der Waals surface area contributed by atoms with E-state index in [0.29, 0.717) is 11.1 Å². The third-order valence-corrected chi connectivity index (χ3v) is 6.90. The minimum atomic E-state index is 0.312. The summed E-state index contributed by atoms with van der Waals surface area (Å²) in [5, 5.41) is 0. The van der Waals surface area contributed by atoms with Crippen molar-refractivity contribution in [2.24, 2.45) is 0 Å². The van der Waals surface area contributed by atoms with Crippen LogP contribution >= 0.6 is 0 Å². The molecule has 162 valence electrons. The zero-order valence-electron chi connectivity index (χ0n) is 20.1. The summed E-state index contributed by atoms with van der Waals surface area (Å²) in [5.41, 5.74) is 0.624. The van der Waals surface area contributed by atoms with Crippen LogP contribution < -0.4 is 0 Å². The normalized spacial score (nSPS) is 20.4. The van der Waals surface area contributed by atoms with Crippen molar-refractivity contribution < 1.29 is 0 Å². The summed E-state index contributed by atoms with van der Waals surface area (Å²) in [4.78, 5) is 5.52. The zero-order chi connectivity index (χ0) is 20.3. The molecule has 1 aliphatic heterocycles. The highest BCUT2D eigenvalue weighted by Crippen LogP contribution is 2.40. The van der Waals surface area contributed by atoms with Crippen LogP contribution in [0.5, 0.6) is 0 Å². The molecule has 0 aromatic heterocycles. The van der Waals surface area contributed by atoms with Crippen LogP contribution in [0.25, 0.3) is 0 Å². The molecule has 1 rings (SSSR count). The van der Waals surface area contributed by atoms with Gasteiger partial charge in [0.05, 0.1) is 0 Å². The number of likely N-dealkylation sites (tertiary alicyclic amines) is 1. The predicted octanol–water partition coefficient (Wildman–Crippen LogP) is 7.27. The highest BCUT2D eigenvalue weighted by atomic mass is 15.3. The zero-order valence-corrected chi connectivity index (χ0v) is 20.1. The number of unbranched alkanes of at least 4 members (excludes halogenated alkanes) is 9. The standard InChI is InChI=1S/C25H52N2/c1-8-10-12-14-16-18-20-27-24(3,4)21-23(22-25(27,5)6)26(7)19-17-15-13-11-9-2/h23H,8-22H2,1-7H3. The average molecular weight is 381 g/mol. The van der Waals surface area contributed by atoms with E-state index >= 15 is 0 Å². The van der Waals surface area contributed by atoms with Gasteiger partial charge in [-0.15, -0.1) is 0 Å². The Kier molecular flexibility index (Phi) is 11.5. The van der Waals surface area contributed by atoms with Crippen LogP contribution in [0.3, 0.4) is 0 Å². The van der Waals surface area contributed by atoms with E-state index in [9.17, 15) is 0 Å². The maximum Gasteiger partial charge on any atom is 0.0173 e. The Morgan fingerprint density at radius 3 is 1.67 bits per heavy atom. The molecular weight excluding hydrogens is 328 g/mol. The molecule has 0 N–H and O–H groups in total. The first-order valence-electron chi connectivity index (χ1n) is 12.2. The predicted molar refractivity (Wildman–Crippen MR) is 123 cm³/mol. The first-order chi connectivity index (χ1) is 12.7. The van der Waals surface area contributed by atoms with Gasteiger partial charge in [0.25, 0.3) is 0 Å². The molecule has 0 amide bonds. The third kappa shape index (κ3) is 8.86. The van der Waals surface area contributed by atoms with Crippen LogP contribution in [-0.2, 0) is 0 Å². The van der Waals surface area contributed by atoms with Gasteiger partial charge in [-0.2, -0.15) is 0 Å². The van der Waals surface area contributed by atoms with E-state index < -0.39 is 0 Å². The molecule has 1 fully saturated rings. The van der Waals surface area contributed by atoms with E-state index in [1.54, 1.807) is 0 Å². The lowest BCUT2D eigenvalue weighted by molar-refractivity contribution is -0.0621. The second kappa shape index (κ2) is 12.5. The molecule has 1 aliphatic rings. The third-order valence-electron chi connectivity index (χ3n) is 6.90. The van der Waals surface area contributed by atoms with E-state index in [0.717, 1.165) is 6.04 Å². The Morgan fingerprint density at radius 1 is 0.704 bits per heavy atom. The quantitative estimate of drug-likeness (QED) is 0.292. The number of rotatable bonds is 14. The van der Waals surface area contributed by atoms with Crippen LogP contribution in [0.1, 0.15) is 125 Å². The van der Waals surface area contributed by atoms with Crippen LogP contribution in [0.15, 0.2) is 0 Å². The van der Waals surface area contributed by atoms with Gasteiger partial charge in [-0.1, -0.05) is 71.6 Å². The summed E-state index contributed by atoms with van der Waals surface area (Å²) in [6.07, 6.45) is 18.0. The number of hydrogen-bond acceptors (Lipinski definition) is 2. The fourth-order valence-corrected chi connectivity index (χ4v) is 5.38. The van der Waals surface area contributed by atoms with Gasteiger partial charge in [-0.3, -0.25) is 4.90 Å². The van der Waals surface area contributed by atoms with Crippen LogP contribution in [-0.4, -0.2) is 47.1 Å². The summed E-state index contributed by atoms with van der Waals surface area (Å²) in [5.74, 6) is 0.